The Kier molecular flexibility index (Phi) is 5.03. The van der Waals surface area contributed by atoms with Crippen LogP contribution >= 0.6 is 22.6 Å². The summed E-state index contributed by atoms with van der Waals surface area (Å²) in [4.78, 5) is 12.9. The second-order valence-electron chi connectivity index (χ2n) is 6.01. The molecule has 0 saturated carbocycles. The van der Waals surface area contributed by atoms with Gasteiger partial charge in [-0.15, -0.1) is 0 Å². The van der Waals surface area contributed by atoms with Crippen molar-refractivity contribution in [2.24, 2.45) is 5.41 Å². The van der Waals surface area contributed by atoms with Gasteiger partial charge in [0, 0.05) is 18.7 Å². The van der Waals surface area contributed by atoms with Gasteiger partial charge in [-0.2, -0.15) is 0 Å². The predicted molar refractivity (Wildman–Crippen MR) is 89.1 cm³/mol. The third-order valence-electron chi connectivity index (χ3n) is 4.14. The number of hydrogen-bond donors (Lipinski definition) is 1. The standard InChI is InChI=1S/C14H19FIN3O2/c1-14(3-5-18(2)6-4-14)9-17-12-7-10(15)11(16)8-13(12)19(20)21/h7-8,17H,3-6,9H2,1-2H3. The van der Waals surface area contributed by atoms with Gasteiger partial charge < -0.3 is 10.2 Å². The Morgan fingerprint density at radius 3 is 2.67 bits per heavy atom. The number of nitro benzene ring substituents is 1. The van der Waals surface area contributed by atoms with Gasteiger partial charge in [0.25, 0.3) is 5.69 Å². The van der Waals surface area contributed by atoms with Crippen molar-refractivity contribution in [1.29, 1.82) is 0 Å². The number of benzene rings is 1. The molecule has 1 aliphatic heterocycles. The summed E-state index contributed by atoms with van der Waals surface area (Å²) < 4.78 is 13.9. The van der Waals surface area contributed by atoms with Gasteiger partial charge in [-0.05, 0) is 61.0 Å². The van der Waals surface area contributed by atoms with Crippen LogP contribution in [0.5, 0.6) is 0 Å². The van der Waals surface area contributed by atoms with Gasteiger partial charge >= 0.3 is 0 Å². The van der Waals surface area contributed by atoms with Gasteiger partial charge in [-0.25, -0.2) is 4.39 Å². The zero-order valence-electron chi connectivity index (χ0n) is 12.2. The van der Waals surface area contributed by atoms with Gasteiger partial charge in [-0.3, -0.25) is 10.1 Å². The largest absolute Gasteiger partial charge is 0.379 e. The van der Waals surface area contributed by atoms with Crippen molar-refractivity contribution in [1.82, 2.24) is 4.90 Å². The van der Waals surface area contributed by atoms with E-state index < -0.39 is 10.7 Å². The number of hydrogen-bond acceptors (Lipinski definition) is 4. The molecule has 7 heteroatoms. The van der Waals surface area contributed by atoms with Crippen molar-refractivity contribution in [2.45, 2.75) is 19.8 Å². The maximum atomic E-state index is 13.7. The summed E-state index contributed by atoms with van der Waals surface area (Å²) in [5.41, 5.74) is 0.273. The molecule has 1 fully saturated rings. The molecule has 5 nitrogen and oxygen atoms in total. The van der Waals surface area contributed by atoms with Gasteiger partial charge in [0.05, 0.1) is 8.49 Å². The monoisotopic (exact) mass is 407 g/mol. The van der Waals surface area contributed by atoms with E-state index in [2.05, 4.69) is 24.2 Å². The first-order chi connectivity index (χ1) is 9.81. The molecule has 21 heavy (non-hydrogen) atoms. The predicted octanol–water partition coefficient (Wildman–Crippen LogP) is 3.48. The summed E-state index contributed by atoms with van der Waals surface area (Å²) in [6, 6.07) is 2.49. The average Bonchev–Trinajstić information content (AvgIpc) is 2.43. The first-order valence-electron chi connectivity index (χ1n) is 6.87. The lowest BCUT2D eigenvalue weighted by Gasteiger charge is -2.38. The van der Waals surface area contributed by atoms with Crippen molar-refractivity contribution in [3.8, 4) is 0 Å². The Labute approximate surface area is 137 Å². The lowest BCUT2D eigenvalue weighted by atomic mass is 9.80. The van der Waals surface area contributed by atoms with E-state index in [4.69, 9.17) is 0 Å². The Morgan fingerprint density at radius 1 is 1.48 bits per heavy atom. The summed E-state index contributed by atoms with van der Waals surface area (Å²) in [6.07, 6.45) is 2.05. The molecule has 1 aliphatic rings. The summed E-state index contributed by atoms with van der Waals surface area (Å²) >= 11 is 1.76. The highest BCUT2D eigenvalue weighted by atomic mass is 127. The van der Waals surface area contributed by atoms with E-state index in [1.54, 1.807) is 22.6 Å². The molecular formula is C14H19FIN3O2. The number of nitrogens with one attached hydrogen (secondary N) is 1. The molecule has 0 atom stereocenters. The molecule has 1 saturated heterocycles. The van der Waals surface area contributed by atoms with Crippen LogP contribution in [0.25, 0.3) is 0 Å². The second kappa shape index (κ2) is 6.43. The molecule has 0 aliphatic carbocycles. The third kappa shape index (κ3) is 4.03. The molecule has 0 aromatic heterocycles. The Balaban J connectivity index is 2.12. The maximum Gasteiger partial charge on any atom is 0.293 e. The zero-order chi connectivity index (χ0) is 15.6. The molecule has 0 amide bonds. The number of likely N-dealkylation sites (tertiary alicyclic amines) is 1. The molecule has 0 bridgehead atoms. The van der Waals surface area contributed by atoms with Crippen molar-refractivity contribution in [3.05, 3.63) is 31.6 Å². The highest BCUT2D eigenvalue weighted by Crippen LogP contribution is 2.33. The highest BCUT2D eigenvalue weighted by molar-refractivity contribution is 14.1. The summed E-state index contributed by atoms with van der Waals surface area (Å²) in [7, 11) is 2.09. The van der Waals surface area contributed by atoms with Crippen LogP contribution in [-0.2, 0) is 0 Å². The van der Waals surface area contributed by atoms with Crippen molar-refractivity contribution < 1.29 is 9.31 Å². The topological polar surface area (TPSA) is 58.4 Å². The van der Waals surface area contributed by atoms with Crippen LogP contribution in [0, 0.1) is 24.9 Å². The van der Waals surface area contributed by atoms with Crippen LogP contribution in [0.15, 0.2) is 12.1 Å². The van der Waals surface area contributed by atoms with E-state index in [1.165, 1.54) is 12.1 Å². The smallest absolute Gasteiger partial charge is 0.293 e. The molecule has 0 unspecified atom stereocenters. The Morgan fingerprint density at radius 2 is 2.10 bits per heavy atom. The molecule has 0 spiro atoms. The number of anilines is 1. The summed E-state index contributed by atoms with van der Waals surface area (Å²) in [5.74, 6) is -0.433. The number of nitrogens with zero attached hydrogens (tertiary/aromatic N) is 2. The normalized spacial score (nSPS) is 18.5. The number of piperidine rings is 1. The van der Waals surface area contributed by atoms with E-state index in [0.717, 1.165) is 25.9 Å². The van der Waals surface area contributed by atoms with Gasteiger partial charge in [0.2, 0.25) is 0 Å². The minimum Gasteiger partial charge on any atom is -0.379 e. The first-order valence-corrected chi connectivity index (χ1v) is 7.94. The Bertz CT molecular complexity index is 545. The fraction of sp³-hybridized carbons (Fsp3) is 0.571. The van der Waals surface area contributed by atoms with Gasteiger partial charge in [0.15, 0.2) is 0 Å². The van der Waals surface area contributed by atoms with Crippen molar-refractivity contribution >= 4 is 34.0 Å². The van der Waals surface area contributed by atoms with Crippen molar-refractivity contribution in [2.75, 3.05) is 32.0 Å². The molecule has 1 N–H and O–H groups in total. The van der Waals surface area contributed by atoms with Gasteiger partial charge in [-0.1, -0.05) is 6.92 Å². The van der Waals surface area contributed by atoms with E-state index >= 15 is 0 Å². The van der Waals surface area contributed by atoms with Crippen LogP contribution in [0.4, 0.5) is 15.8 Å². The highest BCUT2D eigenvalue weighted by Gasteiger charge is 2.29. The van der Waals surface area contributed by atoms with Crippen LogP contribution in [0.2, 0.25) is 0 Å². The fourth-order valence-electron chi connectivity index (χ4n) is 2.47. The van der Waals surface area contributed by atoms with Crippen LogP contribution in [0.3, 0.4) is 0 Å². The van der Waals surface area contributed by atoms with Gasteiger partial charge in [0.1, 0.15) is 11.5 Å². The third-order valence-corrected chi connectivity index (χ3v) is 4.96. The molecule has 0 radical (unpaired) electrons. The zero-order valence-corrected chi connectivity index (χ0v) is 14.3. The van der Waals surface area contributed by atoms with Crippen LogP contribution < -0.4 is 5.32 Å². The number of halogens is 2. The second-order valence-corrected chi connectivity index (χ2v) is 7.17. The quantitative estimate of drug-likeness (QED) is 0.472. The average molecular weight is 407 g/mol. The first kappa shape index (κ1) is 16.4. The van der Waals surface area contributed by atoms with E-state index in [1.807, 2.05) is 0 Å². The maximum absolute atomic E-state index is 13.7. The lowest BCUT2D eigenvalue weighted by Crippen LogP contribution is -2.40. The molecule has 116 valence electrons. The molecular weight excluding hydrogens is 388 g/mol. The fourth-order valence-corrected chi connectivity index (χ4v) is 2.92. The van der Waals surface area contributed by atoms with E-state index in [0.29, 0.717) is 6.54 Å². The van der Waals surface area contributed by atoms with Crippen molar-refractivity contribution in [3.63, 3.8) is 0 Å². The van der Waals surface area contributed by atoms with Crippen LogP contribution in [0.1, 0.15) is 19.8 Å². The summed E-state index contributed by atoms with van der Waals surface area (Å²) in [6.45, 7) is 4.81. The molecule has 1 aromatic rings. The SMILES string of the molecule is CN1CCC(C)(CNc2cc(F)c(I)cc2[N+](=O)[O-])CC1. The summed E-state index contributed by atoms with van der Waals surface area (Å²) in [5, 5.41) is 14.2. The van der Waals surface area contributed by atoms with E-state index in [-0.39, 0.29) is 20.4 Å². The Hall–Kier alpha value is -0.960. The number of nitro groups is 1. The molecule has 2 rings (SSSR count). The molecule has 1 aromatic carbocycles. The van der Waals surface area contributed by atoms with Crippen LogP contribution in [-0.4, -0.2) is 36.5 Å². The van der Waals surface area contributed by atoms with E-state index in [9.17, 15) is 14.5 Å². The lowest BCUT2D eigenvalue weighted by molar-refractivity contribution is -0.384. The number of rotatable bonds is 4. The minimum atomic E-state index is -0.471. The molecule has 1 heterocycles. The minimum absolute atomic E-state index is 0.0719.